The van der Waals surface area contributed by atoms with Crippen molar-refractivity contribution in [2.45, 2.75) is 24.9 Å². The molecule has 1 fully saturated rings. The van der Waals surface area contributed by atoms with E-state index in [2.05, 4.69) is 10.6 Å². The molecule has 0 saturated heterocycles. The highest BCUT2D eigenvalue weighted by atomic mass is 35.5. The largest absolute Gasteiger partial charge is 0.376 e. The van der Waals surface area contributed by atoms with Crippen LogP contribution < -0.4 is 10.6 Å². The quantitative estimate of drug-likeness (QED) is 0.701. The zero-order valence-electron chi connectivity index (χ0n) is 8.64. The van der Waals surface area contributed by atoms with Crippen molar-refractivity contribution in [3.8, 4) is 0 Å². The summed E-state index contributed by atoms with van der Waals surface area (Å²) in [6.45, 7) is 0.422. The molecule has 2 N–H and O–H groups in total. The van der Waals surface area contributed by atoms with Crippen molar-refractivity contribution in [3.63, 3.8) is 0 Å². The molecular formula is C9H15ClN2O3. The number of nitrogens with one attached hydrogen (secondary N) is 2. The summed E-state index contributed by atoms with van der Waals surface area (Å²) in [6, 6.07) is -0.524. The molecule has 3 amide bonds. The van der Waals surface area contributed by atoms with Gasteiger partial charge in [0.2, 0.25) is 5.91 Å². The van der Waals surface area contributed by atoms with Crippen LogP contribution in [0.4, 0.5) is 4.79 Å². The predicted octanol–water partition coefficient (Wildman–Crippen LogP) is 0.620. The van der Waals surface area contributed by atoms with E-state index in [0.29, 0.717) is 6.54 Å². The molecule has 0 spiro atoms. The highest BCUT2D eigenvalue weighted by Crippen LogP contribution is 2.34. The minimum Gasteiger partial charge on any atom is -0.376 e. The number of alkyl halides is 1. The summed E-state index contributed by atoms with van der Waals surface area (Å²) in [5, 5.41) is 4.69. The fourth-order valence-corrected chi connectivity index (χ4v) is 1.54. The van der Waals surface area contributed by atoms with E-state index in [1.807, 2.05) is 0 Å². The first-order valence-electron chi connectivity index (χ1n) is 4.81. The lowest BCUT2D eigenvalue weighted by Crippen LogP contribution is -2.52. The molecule has 0 radical (unpaired) electrons. The average molecular weight is 235 g/mol. The second kappa shape index (κ2) is 5.32. The second-order valence-corrected chi connectivity index (χ2v) is 3.87. The minimum absolute atomic E-state index is 0.219. The van der Waals surface area contributed by atoms with Gasteiger partial charge in [0.1, 0.15) is 5.88 Å². The first kappa shape index (κ1) is 12.3. The average Bonchev–Trinajstić information content (AvgIpc) is 2.16. The zero-order chi connectivity index (χ0) is 11.3. The van der Waals surface area contributed by atoms with E-state index in [1.54, 1.807) is 7.11 Å². The molecule has 5 nitrogen and oxygen atoms in total. The summed E-state index contributed by atoms with van der Waals surface area (Å²) >= 11 is 5.24. The Labute approximate surface area is 93.5 Å². The molecule has 0 unspecified atom stereocenters. The lowest BCUT2D eigenvalue weighted by atomic mass is 9.80. The normalized spacial score (nSPS) is 17.7. The Morgan fingerprint density at radius 3 is 2.53 bits per heavy atom. The van der Waals surface area contributed by atoms with E-state index >= 15 is 0 Å². The van der Waals surface area contributed by atoms with Crippen molar-refractivity contribution < 1.29 is 14.3 Å². The number of amides is 3. The van der Waals surface area contributed by atoms with Crippen LogP contribution >= 0.6 is 11.6 Å². The first-order chi connectivity index (χ1) is 7.12. The molecule has 0 heterocycles. The Morgan fingerprint density at radius 1 is 1.47 bits per heavy atom. The summed E-state index contributed by atoms with van der Waals surface area (Å²) in [7, 11) is 1.63. The second-order valence-electron chi connectivity index (χ2n) is 3.61. The third kappa shape index (κ3) is 3.35. The number of hydrogen-bond acceptors (Lipinski definition) is 3. The lowest BCUT2D eigenvalue weighted by Gasteiger charge is -2.40. The summed E-state index contributed by atoms with van der Waals surface area (Å²) in [5.41, 5.74) is -0.235. The third-order valence-corrected chi connectivity index (χ3v) is 2.89. The number of hydrogen-bond donors (Lipinski definition) is 2. The van der Waals surface area contributed by atoms with Crippen molar-refractivity contribution in [1.82, 2.24) is 10.6 Å². The number of ether oxygens (including phenoxy) is 1. The molecule has 1 aliphatic carbocycles. The number of halogens is 1. The number of imide groups is 1. The van der Waals surface area contributed by atoms with E-state index in [4.69, 9.17) is 16.3 Å². The molecule has 1 saturated carbocycles. The van der Waals surface area contributed by atoms with Crippen LogP contribution in [0.5, 0.6) is 0 Å². The van der Waals surface area contributed by atoms with Crippen LogP contribution in [0.15, 0.2) is 0 Å². The van der Waals surface area contributed by atoms with Gasteiger partial charge in [-0.05, 0) is 19.3 Å². The van der Waals surface area contributed by atoms with Crippen molar-refractivity contribution in [2.24, 2.45) is 0 Å². The summed E-state index contributed by atoms with van der Waals surface area (Å²) in [4.78, 5) is 21.9. The fourth-order valence-electron chi connectivity index (χ4n) is 1.47. The van der Waals surface area contributed by atoms with Crippen molar-refractivity contribution in [1.29, 1.82) is 0 Å². The molecule has 0 aliphatic heterocycles. The number of rotatable bonds is 4. The summed E-state index contributed by atoms with van der Waals surface area (Å²) in [6.07, 6.45) is 2.98. The third-order valence-electron chi connectivity index (χ3n) is 2.64. The van der Waals surface area contributed by atoms with Gasteiger partial charge < -0.3 is 10.1 Å². The van der Waals surface area contributed by atoms with Crippen molar-refractivity contribution >= 4 is 23.5 Å². The van der Waals surface area contributed by atoms with E-state index in [0.717, 1.165) is 19.3 Å². The van der Waals surface area contributed by atoms with Crippen LogP contribution in [0.3, 0.4) is 0 Å². The topological polar surface area (TPSA) is 67.4 Å². The van der Waals surface area contributed by atoms with Gasteiger partial charge >= 0.3 is 6.03 Å². The van der Waals surface area contributed by atoms with Crippen LogP contribution in [0.1, 0.15) is 19.3 Å². The molecule has 0 aromatic rings. The van der Waals surface area contributed by atoms with Crippen molar-refractivity contribution in [2.75, 3.05) is 19.5 Å². The van der Waals surface area contributed by atoms with Gasteiger partial charge in [0.25, 0.3) is 0 Å². The predicted molar refractivity (Wildman–Crippen MR) is 55.9 cm³/mol. The SMILES string of the molecule is COC1(CNC(=O)NC(=O)CCl)CCC1. The number of carbonyl (C=O) groups is 2. The molecule has 0 aromatic heterocycles. The van der Waals surface area contributed by atoms with Crippen LogP contribution in [0.25, 0.3) is 0 Å². The molecule has 6 heteroatoms. The maximum Gasteiger partial charge on any atom is 0.321 e. The van der Waals surface area contributed by atoms with Gasteiger partial charge in [0.15, 0.2) is 0 Å². The lowest BCUT2D eigenvalue weighted by molar-refractivity contribution is -0.117. The standard InChI is InChI=1S/C9H15ClN2O3/c1-15-9(3-2-4-9)6-11-8(14)12-7(13)5-10/h2-6H2,1H3,(H2,11,12,13,14). The zero-order valence-corrected chi connectivity index (χ0v) is 9.39. The van der Waals surface area contributed by atoms with Crippen LogP contribution in [0.2, 0.25) is 0 Å². The summed E-state index contributed by atoms with van der Waals surface area (Å²) in [5.74, 6) is -0.725. The van der Waals surface area contributed by atoms with Crippen LogP contribution in [0, 0.1) is 0 Å². The fraction of sp³-hybridized carbons (Fsp3) is 0.778. The smallest absolute Gasteiger partial charge is 0.321 e. The molecule has 1 rings (SSSR count). The first-order valence-corrected chi connectivity index (χ1v) is 5.34. The Balaban J connectivity index is 2.24. The van der Waals surface area contributed by atoms with Crippen molar-refractivity contribution in [3.05, 3.63) is 0 Å². The monoisotopic (exact) mass is 234 g/mol. The molecule has 15 heavy (non-hydrogen) atoms. The maximum atomic E-state index is 11.2. The number of urea groups is 1. The maximum absolute atomic E-state index is 11.2. The molecule has 0 atom stereocenters. The molecular weight excluding hydrogens is 220 g/mol. The Bertz CT molecular complexity index is 248. The van der Waals surface area contributed by atoms with Crippen LogP contribution in [-0.2, 0) is 9.53 Å². The Hall–Kier alpha value is -0.810. The summed E-state index contributed by atoms with van der Waals surface area (Å²) < 4.78 is 5.30. The van der Waals surface area contributed by atoms with Gasteiger partial charge in [0, 0.05) is 13.7 Å². The van der Waals surface area contributed by atoms with Gasteiger partial charge in [-0.2, -0.15) is 0 Å². The van der Waals surface area contributed by atoms with E-state index < -0.39 is 11.9 Å². The molecule has 86 valence electrons. The van der Waals surface area contributed by atoms with E-state index in [9.17, 15) is 9.59 Å². The molecule has 0 aromatic carbocycles. The van der Waals surface area contributed by atoms with Gasteiger partial charge in [-0.3, -0.25) is 10.1 Å². The van der Waals surface area contributed by atoms with Gasteiger partial charge in [0.05, 0.1) is 5.60 Å². The van der Waals surface area contributed by atoms with E-state index in [-0.39, 0.29) is 11.5 Å². The number of carbonyl (C=O) groups excluding carboxylic acids is 2. The molecule has 1 aliphatic rings. The Morgan fingerprint density at radius 2 is 2.13 bits per heavy atom. The van der Waals surface area contributed by atoms with Gasteiger partial charge in [-0.1, -0.05) is 0 Å². The van der Waals surface area contributed by atoms with Gasteiger partial charge in [-0.15, -0.1) is 11.6 Å². The van der Waals surface area contributed by atoms with Gasteiger partial charge in [-0.25, -0.2) is 4.79 Å². The number of methoxy groups -OCH3 is 1. The minimum atomic E-state index is -0.524. The van der Waals surface area contributed by atoms with E-state index in [1.165, 1.54) is 0 Å². The van der Waals surface area contributed by atoms with Crippen LogP contribution in [-0.4, -0.2) is 37.1 Å². The Kier molecular flexibility index (Phi) is 4.35. The molecule has 0 bridgehead atoms. The highest BCUT2D eigenvalue weighted by Gasteiger charge is 2.37. The highest BCUT2D eigenvalue weighted by molar-refractivity contribution is 6.28.